The van der Waals surface area contributed by atoms with Crippen LogP contribution in [0.5, 0.6) is 0 Å². The summed E-state index contributed by atoms with van der Waals surface area (Å²) < 4.78 is 5.38. The number of hydrogen-bond donors (Lipinski definition) is 1. The fraction of sp³-hybridized carbons (Fsp3) is 0.190. The number of benzene rings is 1. The molecule has 1 aliphatic heterocycles. The minimum atomic E-state index is -0.153. The molecule has 1 atom stereocenters. The van der Waals surface area contributed by atoms with Crippen LogP contribution in [0.25, 0.3) is 0 Å². The van der Waals surface area contributed by atoms with Crippen LogP contribution in [-0.4, -0.2) is 27.5 Å². The molecule has 1 saturated heterocycles. The highest BCUT2D eigenvalue weighted by atomic mass is 32.2. The number of thioether (sulfide) groups is 1. The van der Waals surface area contributed by atoms with E-state index < -0.39 is 0 Å². The number of furan rings is 1. The van der Waals surface area contributed by atoms with E-state index in [9.17, 15) is 9.59 Å². The van der Waals surface area contributed by atoms with Gasteiger partial charge in [0.1, 0.15) is 11.1 Å². The molecule has 142 valence electrons. The molecule has 0 saturated carbocycles. The SMILES string of the molecule is O=C(NCc1ccccn1)c1ccc(C2SCC(=O)N2Cc2ccco2)cc1. The summed E-state index contributed by atoms with van der Waals surface area (Å²) in [5.74, 6) is 1.13. The molecule has 1 fully saturated rings. The van der Waals surface area contributed by atoms with E-state index in [0.29, 0.717) is 24.4 Å². The van der Waals surface area contributed by atoms with Crippen LogP contribution in [0.3, 0.4) is 0 Å². The van der Waals surface area contributed by atoms with E-state index in [0.717, 1.165) is 17.0 Å². The third-order valence-electron chi connectivity index (χ3n) is 4.49. The zero-order valence-corrected chi connectivity index (χ0v) is 15.9. The Morgan fingerprint density at radius 3 is 2.75 bits per heavy atom. The van der Waals surface area contributed by atoms with Crippen molar-refractivity contribution >= 4 is 23.6 Å². The summed E-state index contributed by atoms with van der Waals surface area (Å²) in [4.78, 5) is 30.6. The molecule has 7 heteroatoms. The molecule has 1 unspecified atom stereocenters. The van der Waals surface area contributed by atoms with Gasteiger partial charge in [-0.05, 0) is 42.0 Å². The average molecular weight is 393 g/mol. The number of rotatable bonds is 6. The van der Waals surface area contributed by atoms with Crippen LogP contribution >= 0.6 is 11.8 Å². The molecule has 3 heterocycles. The van der Waals surface area contributed by atoms with Gasteiger partial charge in [-0.3, -0.25) is 14.6 Å². The average Bonchev–Trinajstić information content (AvgIpc) is 3.38. The largest absolute Gasteiger partial charge is 0.467 e. The summed E-state index contributed by atoms with van der Waals surface area (Å²) in [6, 6.07) is 16.7. The molecule has 0 aliphatic carbocycles. The fourth-order valence-corrected chi connectivity index (χ4v) is 4.23. The summed E-state index contributed by atoms with van der Waals surface area (Å²) in [7, 11) is 0. The van der Waals surface area contributed by atoms with Crippen LogP contribution in [0.4, 0.5) is 0 Å². The van der Waals surface area contributed by atoms with Gasteiger partial charge >= 0.3 is 0 Å². The topological polar surface area (TPSA) is 75.4 Å². The summed E-state index contributed by atoms with van der Waals surface area (Å²) in [6.07, 6.45) is 3.31. The molecule has 0 bridgehead atoms. The van der Waals surface area contributed by atoms with E-state index in [-0.39, 0.29) is 17.2 Å². The Morgan fingerprint density at radius 2 is 2.04 bits per heavy atom. The third kappa shape index (κ3) is 4.09. The highest BCUT2D eigenvalue weighted by Crippen LogP contribution is 2.39. The van der Waals surface area contributed by atoms with E-state index in [2.05, 4.69) is 10.3 Å². The zero-order valence-electron chi connectivity index (χ0n) is 15.1. The van der Waals surface area contributed by atoms with Crippen molar-refractivity contribution in [3.63, 3.8) is 0 Å². The lowest BCUT2D eigenvalue weighted by molar-refractivity contribution is -0.128. The molecular weight excluding hydrogens is 374 g/mol. The lowest BCUT2D eigenvalue weighted by Gasteiger charge is -2.23. The van der Waals surface area contributed by atoms with Crippen molar-refractivity contribution in [2.45, 2.75) is 18.5 Å². The highest BCUT2D eigenvalue weighted by molar-refractivity contribution is 8.00. The number of hydrogen-bond acceptors (Lipinski definition) is 5. The van der Waals surface area contributed by atoms with Gasteiger partial charge in [-0.2, -0.15) is 0 Å². The summed E-state index contributed by atoms with van der Waals surface area (Å²) in [6.45, 7) is 0.821. The first-order valence-electron chi connectivity index (χ1n) is 8.92. The van der Waals surface area contributed by atoms with Gasteiger partial charge in [0.05, 0.1) is 30.8 Å². The lowest BCUT2D eigenvalue weighted by Crippen LogP contribution is -2.27. The Balaban J connectivity index is 1.42. The van der Waals surface area contributed by atoms with E-state index in [1.807, 2.05) is 42.5 Å². The second-order valence-electron chi connectivity index (χ2n) is 6.39. The first-order chi connectivity index (χ1) is 13.7. The van der Waals surface area contributed by atoms with E-state index >= 15 is 0 Å². The minimum Gasteiger partial charge on any atom is -0.467 e. The predicted molar refractivity (Wildman–Crippen MR) is 106 cm³/mol. The molecule has 28 heavy (non-hydrogen) atoms. The van der Waals surface area contributed by atoms with Crippen molar-refractivity contribution in [3.8, 4) is 0 Å². The molecular formula is C21H19N3O3S. The zero-order chi connectivity index (χ0) is 19.3. The van der Waals surface area contributed by atoms with Gasteiger partial charge < -0.3 is 14.6 Å². The van der Waals surface area contributed by atoms with Gasteiger partial charge in [-0.15, -0.1) is 11.8 Å². The Morgan fingerprint density at radius 1 is 1.18 bits per heavy atom. The highest BCUT2D eigenvalue weighted by Gasteiger charge is 2.33. The Labute approximate surface area is 166 Å². The maximum atomic E-state index is 12.4. The number of carbonyl (C=O) groups is 2. The first kappa shape index (κ1) is 18.3. The molecule has 1 aliphatic rings. The molecule has 2 amide bonds. The van der Waals surface area contributed by atoms with Crippen molar-refractivity contribution in [2.24, 2.45) is 0 Å². The number of aromatic nitrogens is 1. The van der Waals surface area contributed by atoms with Crippen molar-refractivity contribution in [1.29, 1.82) is 0 Å². The normalized spacial score (nSPS) is 16.4. The molecule has 1 aromatic carbocycles. The van der Waals surface area contributed by atoms with Crippen molar-refractivity contribution in [1.82, 2.24) is 15.2 Å². The Hall–Kier alpha value is -3.06. The monoisotopic (exact) mass is 393 g/mol. The molecule has 6 nitrogen and oxygen atoms in total. The van der Waals surface area contributed by atoms with Crippen LogP contribution in [0.15, 0.2) is 71.5 Å². The third-order valence-corrected chi connectivity index (χ3v) is 5.74. The second kappa shape index (κ2) is 8.31. The molecule has 0 spiro atoms. The molecule has 4 rings (SSSR count). The Bertz CT molecular complexity index is 943. The van der Waals surface area contributed by atoms with Crippen LogP contribution in [0.2, 0.25) is 0 Å². The van der Waals surface area contributed by atoms with E-state index in [1.165, 1.54) is 0 Å². The quantitative estimate of drug-likeness (QED) is 0.695. The number of nitrogens with one attached hydrogen (secondary N) is 1. The molecule has 2 aromatic heterocycles. The van der Waals surface area contributed by atoms with E-state index in [1.54, 1.807) is 41.3 Å². The van der Waals surface area contributed by atoms with Crippen molar-refractivity contribution in [2.75, 3.05) is 5.75 Å². The van der Waals surface area contributed by atoms with Gasteiger partial charge in [0.2, 0.25) is 5.91 Å². The molecule has 0 radical (unpaired) electrons. The number of amides is 2. The van der Waals surface area contributed by atoms with Crippen molar-refractivity contribution < 1.29 is 14.0 Å². The number of nitrogens with zero attached hydrogens (tertiary/aromatic N) is 2. The minimum absolute atomic E-state index is 0.0803. The summed E-state index contributed by atoms with van der Waals surface area (Å²) >= 11 is 1.58. The van der Waals surface area contributed by atoms with E-state index in [4.69, 9.17) is 4.42 Å². The van der Waals surface area contributed by atoms with Gasteiger partial charge in [0.25, 0.3) is 5.91 Å². The number of pyridine rings is 1. The smallest absolute Gasteiger partial charge is 0.251 e. The number of carbonyl (C=O) groups excluding carboxylic acids is 2. The van der Waals surface area contributed by atoms with Crippen LogP contribution in [-0.2, 0) is 17.9 Å². The Kier molecular flexibility index (Phi) is 5.43. The van der Waals surface area contributed by atoms with Crippen LogP contribution < -0.4 is 5.32 Å². The lowest BCUT2D eigenvalue weighted by atomic mass is 10.1. The maximum absolute atomic E-state index is 12.4. The predicted octanol–water partition coefficient (Wildman–Crippen LogP) is 3.38. The van der Waals surface area contributed by atoms with Crippen molar-refractivity contribution in [3.05, 3.63) is 89.6 Å². The maximum Gasteiger partial charge on any atom is 0.251 e. The van der Waals surface area contributed by atoms with Gasteiger partial charge in [-0.25, -0.2) is 0 Å². The molecule has 3 aromatic rings. The van der Waals surface area contributed by atoms with Gasteiger partial charge in [-0.1, -0.05) is 18.2 Å². The summed E-state index contributed by atoms with van der Waals surface area (Å²) in [5, 5.41) is 2.79. The standard InChI is InChI=1S/C21H19N3O3S/c25-19-14-28-21(24(19)13-18-5-3-11-27-18)16-8-6-15(7-9-16)20(26)23-12-17-4-1-2-10-22-17/h1-11,21H,12-14H2,(H,23,26). The van der Waals surface area contributed by atoms with Crippen LogP contribution in [0.1, 0.15) is 32.7 Å². The van der Waals surface area contributed by atoms with Gasteiger partial charge in [0.15, 0.2) is 0 Å². The van der Waals surface area contributed by atoms with Gasteiger partial charge in [0, 0.05) is 11.8 Å². The summed E-state index contributed by atoms with van der Waals surface area (Å²) in [5.41, 5.74) is 2.37. The first-order valence-corrected chi connectivity index (χ1v) is 9.97. The molecule has 1 N–H and O–H groups in total. The fourth-order valence-electron chi connectivity index (χ4n) is 3.05. The van der Waals surface area contributed by atoms with Crippen LogP contribution in [0, 0.1) is 0 Å². The second-order valence-corrected chi connectivity index (χ2v) is 7.46.